The molecule has 0 bridgehead atoms. The first-order valence-electron chi connectivity index (χ1n) is 9.69. The average molecular weight is 378 g/mol. The molecule has 0 saturated heterocycles. The minimum atomic E-state index is -0.887. The minimum Gasteiger partial charge on any atom is -0.444 e. The highest BCUT2D eigenvalue weighted by Crippen LogP contribution is 2.12. The molecular formula is C22H35NO4. The maximum Gasteiger partial charge on any atom is 0.408 e. The number of amides is 1. The van der Waals surface area contributed by atoms with Crippen LogP contribution in [0, 0.1) is 0 Å². The van der Waals surface area contributed by atoms with Crippen LogP contribution >= 0.6 is 0 Å². The SMILES string of the molecule is CCCCCc1ccc(/C=C/[C@H](O)[C@@H](COC)NC(=O)OC(C)(C)C)cc1. The van der Waals surface area contributed by atoms with Crippen molar-refractivity contribution in [1.29, 1.82) is 0 Å². The number of hydrogen-bond donors (Lipinski definition) is 2. The van der Waals surface area contributed by atoms with Crippen molar-refractivity contribution in [2.75, 3.05) is 13.7 Å². The normalized spacial score (nSPS) is 14.1. The second-order valence-electron chi connectivity index (χ2n) is 7.76. The number of methoxy groups -OCH3 is 1. The van der Waals surface area contributed by atoms with Crippen LogP contribution in [0.2, 0.25) is 0 Å². The summed E-state index contributed by atoms with van der Waals surface area (Å²) in [4.78, 5) is 11.9. The van der Waals surface area contributed by atoms with Crippen molar-refractivity contribution < 1.29 is 19.4 Å². The molecule has 152 valence electrons. The summed E-state index contributed by atoms with van der Waals surface area (Å²) in [6.45, 7) is 7.76. The lowest BCUT2D eigenvalue weighted by Crippen LogP contribution is -2.47. The Hall–Kier alpha value is -1.85. The van der Waals surface area contributed by atoms with Gasteiger partial charge >= 0.3 is 6.09 Å². The predicted octanol–water partition coefficient (Wildman–Crippen LogP) is 4.33. The number of aryl methyl sites for hydroxylation is 1. The van der Waals surface area contributed by atoms with Crippen LogP contribution in [0.5, 0.6) is 0 Å². The van der Waals surface area contributed by atoms with E-state index in [0.29, 0.717) is 0 Å². The van der Waals surface area contributed by atoms with Gasteiger partial charge in [0.05, 0.1) is 18.8 Å². The number of unbranched alkanes of at least 4 members (excludes halogenated alkanes) is 2. The van der Waals surface area contributed by atoms with Gasteiger partial charge in [-0.2, -0.15) is 0 Å². The smallest absolute Gasteiger partial charge is 0.408 e. The van der Waals surface area contributed by atoms with Gasteiger partial charge in [0.1, 0.15) is 5.60 Å². The molecule has 2 N–H and O–H groups in total. The van der Waals surface area contributed by atoms with Crippen LogP contribution in [0.15, 0.2) is 30.3 Å². The molecule has 1 aromatic carbocycles. The molecule has 0 aromatic heterocycles. The first kappa shape index (κ1) is 23.2. The molecule has 27 heavy (non-hydrogen) atoms. The Labute approximate surface area is 163 Å². The second kappa shape index (κ2) is 11.8. The molecule has 1 rings (SSSR count). The molecular weight excluding hydrogens is 342 g/mol. The summed E-state index contributed by atoms with van der Waals surface area (Å²) in [6.07, 6.45) is 6.82. The number of carbonyl (C=O) groups excluding carboxylic acids is 1. The third-order valence-electron chi connectivity index (χ3n) is 4.00. The van der Waals surface area contributed by atoms with Crippen LogP contribution in [-0.2, 0) is 15.9 Å². The quantitative estimate of drug-likeness (QED) is 0.596. The molecule has 0 spiro atoms. The Kier molecular flexibility index (Phi) is 10.1. The number of hydrogen-bond acceptors (Lipinski definition) is 4. The van der Waals surface area contributed by atoms with Gasteiger partial charge < -0.3 is 19.9 Å². The zero-order chi connectivity index (χ0) is 20.3. The fraction of sp³-hybridized carbons (Fsp3) is 0.591. The maximum atomic E-state index is 11.9. The lowest BCUT2D eigenvalue weighted by atomic mass is 10.0. The van der Waals surface area contributed by atoms with Crippen LogP contribution < -0.4 is 5.32 Å². The van der Waals surface area contributed by atoms with Crippen molar-refractivity contribution in [3.63, 3.8) is 0 Å². The van der Waals surface area contributed by atoms with Crippen molar-refractivity contribution in [1.82, 2.24) is 5.32 Å². The van der Waals surface area contributed by atoms with E-state index in [0.717, 1.165) is 12.0 Å². The van der Waals surface area contributed by atoms with Gasteiger partial charge in [0.2, 0.25) is 0 Å². The van der Waals surface area contributed by atoms with Crippen molar-refractivity contribution >= 4 is 12.2 Å². The summed E-state index contributed by atoms with van der Waals surface area (Å²) in [5.74, 6) is 0. The molecule has 5 nitrogen and oxygen atoms in total. The molecule has 0 aliphatic rings. The number of rotatable bonds is 10. The predicted molar refractivity (Wildman–Crippen MR) is 110 cm³/mol. The van der Waals surface area contributed by atoms with Crippen molar-refractivity contribution in [3.8, 4) is 0 Å². The van der Waals surface area contributed by atoms with E-state index in [1.165, 1.54) is 31.9 Å². The monoisotopic (exact) mass is 377 g/mol. The topological polar surface area (TPSA) is 67.8 Å². The molecule has 0 aliphatic carbocycles. The molecule has 2 atom stereocenters. The van der Waals surface area contributed by atoms with Crippen LogP contribution in [0.1, 0.15) is 58.1 Å². The van der Waals surface area contributed by atoms with Gasteiger partial charge in [-0.3, -0.25) is 0 Å². The van der Waals surface area contributed by atoms with Gasteiger partial charge in [-0.1, -0.05) is 56.2 Å². The van der Waals surface area contributed by atoms with Gasteiger partial charge in [-0.05, 0) is 44.7 Å². The Morgan fingerprint density at radius 3 is 2.44 bits per heavy atom. The Morgan fingerprint density at radius 1 is 1.22 bits per heavy atom. The van der Waals surface area contributed by atoms with E-state index in [1.807, 2.05) is 18.2 Å². The molecule has 5 heteroatoms. The lowest BCUT2D eigenvalue weighted by molar-refractivity contribution is 0.0372. The minimum absolute atomic E-state index is 0.182. The van der Waals surface area contributed by atoms with Crippen molar-refractivity contribution in [2.24, 2.45) is 0 Å². The number of benzene rings is 1. The first-order chi connectivity index (χ1) is 12.7. The average Bonchev–Trinajstić information content (AvgIpc) is 2.59. The lowest BCUT2D eigenvalue weighted by Gasteiger charge is -2.25. The Bertz CT molecular complexity index is 575. The number of carbonyl (C=O) groups is 1. The fourth-order valence-electron chi connectivity index (χ4n) is 2.58. The van der Waals surface area contributed by atoms with E-state index in [-0.39, 0.29) is 6.61 Å². The standard InChI is InChI=1S/C22H35NO4/c1-6-7-8-9-17-10-12-18(13-11-17)14-15-20(24)19(16-26-5)23-21(25)27-22(2,3)4/h10-15,19-20,24H,6-9,16H2,1-5H3,(H,23,25)/b15-14+/t19-,20+/m1/s1. The summed E-state index contributed by atoms with van der Waals surface area (Å²) in [5.41, 5.74) is 1.73. The molecule has 0 saturated carbocycles. The van der Waals surface area contributed by atoms with Crippen LogP contribution in [-0.4, -0.2) is 42.7 Å². The highest BCUT2D eigenvalue weighted by atomic mass is 16.6. The van der Waals surface area contributed by atoms with E-state index >= 15 is 0 Å². The van der Waals surface area contributed by atoms with E-state index in [4.69, 9.17) is 9.47 Å². The summed E-state index contributed by atoms with van der Waals surface area (Å²) >= 11 is 0. The molecule has 0 unspecified atom stereocenters. The summed E-state index contributed by atoms with van der Waals surface area (Å²) in [5, 5.41) is 13.1. The molecule has 0 aliphatic heterocycles. The van der Waals surface area contributed by atoms with Crippen LogP contribution in [0.4, 0.5) is 4.79 Å². The van der Waals surface area contributed by atoms with Crippen molar-refractivity contribution in [2.45, 2.75) is 71.1 Å². The highest BCUT2D eigenvalue weighted by molar-refractivity contribution is 5.68. The summed E-state index contributed by atoms with van der Waals surface area (Å²) in [6, 6.07) is 7.73. The van der Waals surface area contributed by atoms with Crippen LogP contribution in [0.3, 0.4) is 0 Å². The highest BCUT2D eigenvalue weighted by Gasteiger charge is 2.23. The Balaban J connectivity index is 2.63. The van der Waals surface area contributed by atoms with E-state index in [2.05, 4.69) is 24.4 Å². The number of nitrogens with one attached hydrogen (secondary N) is 1. The van der Waals surface area contributed by atoms with Gasteiger partial charge in [-0.15, -0.1) is 0 Å². The molecule has 1 amide bonds. The van der Waals surface area contributed by atoms with E-state index < -0.39 is 23.8 Å². The second-order valence-corrected chi connectivity index (χ2v) is 7.76. The molecule has 0 heterocycles. The number of ether oxygens (including phenoxy) is 2. The van der Waals surface area contributed by atoms with Gasteiger partial charge in [0.25, 0.3) is 0 Å². The first-order valence-corrected chi connectivity index (χ1v) is 9.69. The van der Waals surface area contributed by atoms with Gasteiger partial charge in [0.15, 0.2) is 0 Å². The zero-order valence-corrected chi connectivity index (χ0v) is 17.3. The summed E-state index contributed by atoms with van der Waals surface area (Å²) in [7, 11) is 1.53. The van der Waals surface area contributed by atoms with Gasteiger partial charge in [0, 0.05) is 7.11 Å². The maximum absolute atomic E-state index is 11.9. The largest absolute Gasteiger partial charge is 0.444 e. The van der Waals surface area contributed by atoms with E-state index in [9.17, 15) is 9.90 Å². The van der Waals surface area contributed by atoms with Crippen LogP contribution in [0.25, 0.3) is 6.08 Å². The van der Waals surface area contributed by atoms with Gasteiger partial charge in [-0.25, -0.2) is 4.79 Å². The summed E-state index contributed by atoms with van der Waals surface area (Å²) < 4.78 is 10.3. The van der Waals surface area contributed by atoms with E-state index in [1.54, 1.807) is 26.8 Å². The third kappa shape index (κ3) is 10.2. The third-order valence-corrected chi connectivity index (χ3v) is 4.00. The number of alkyl carbamates (subject to hydrolysis) is 1. The number of aliphatic hydroxyl groups is 1. The number of aliphatic hydroxyl groups excluding tert-OH is 1. The molecule has 0 fully saturated rings. The molecule has 0 radical (unpaired) electrons. The van der Waals surface area contributed by atoms with Crippen molar-refractivity contribution in [3.05, 3.63) is 41.5 Å². The molecule has 1 aromatic rings. The fourth-order valence-corrected chi connectivity index (χ4v) is 2.58. The zero-order valence-electron chi connectivity index (χ0n) is 17.3. The Morgan fingerprint density at radius 2 is 1.89 bits per heavy atom.